The van der Waals surface area contributed by atoms with Gasteiger partial charge in [0.05, 0.1) is 0 Å². The van der Waals surface area contributed by atoms with Gasteiger partial charge in [0.1, 0.15) is 11.8 Å². The standard InChI is InChI=1S/C24H22FN3O3/c25-20-5-1-2-7-22(20)31-19-10-8-18(9-11-19)27-23(29)21-6-3-4-16-28(21)24(30)17-12-14-26-15-13-17/h1-2,5,7-15,21H,3-4,6,16H2,(H,27,29)/t21-/m0/s1. The summed E-state index contributed by atoms with van der Waals surface area (Å²) in [7, 11) is 0. The Balaban J connectivity index is 1.43. The van der Waals surface area contributed by atoms with Crippen LogP contribution in [0.1, 0.15) is 29.6 Å². The lowest BCUT2D eigenvalue weighted by Crippen LogP contribution is -2.50. The molecule has 1 aromatic heterocycles. The van der Waals surface area contributed by atoms with Crippen LogP contribution in [0.3, 0.4) is 0 Å². The molecule has 2 aromatic carbocycles. The molecule has 2 amide bonds. The lowest BCUT2D eigenvalue weighted by atomic mass is 10.00. The van der Waals surface area contributed by atoms with E-state index in [1.165, 1.54) is 6.07 Å². The normalized spacial score (nSPS) is 15.9. The van der Waals surface area contributed by atoms with E-state index in [1.807, 2.05) is 0 Å². The first-order chi connectivity index (χ1) is 15.1. The van der Waals surface area contributed by atoms with Crippen molar-refractivity contribution in [3.8, 4) is 11.5 Å². The third-order valence-electron chi connectivity index (χ3n) is 5.18. The molecule has 4 rings (SSSR count). The number of ether oxygens (including phenoxy) is 1. The maximum absolute atomic E-state index is 13.7. The Morgan fingerprint density at radius 3 is 2.48 bits per heavy atom. The Kier molecular flexibility index (Phi) is 6.21. The highest BCUT2D eigenvalue weighted by molar-refractivity contribution is 6.01. The summed E-state index contributed by atoms with van der Waals surface area (Å²) in [6, 6.07) is 15.6. The van der Waals surface area contributed by atoms with Gasteiger partial charge in [0.15, 0.2) is 11.6 Å². The van der Waals surface area contributed by atoms with Gasteiger partial charge in [-0.1, -0.05) is 12.1 Å². The molecule has 1 N–H and O–H groups in total. The molecule has 1 aliphatic rings. The summed E-state index contributed by atoms with van der Waals surface area (Å²) in [5, 5.41) is 2.88. The van der Waals surface area contributed by atoms with E-state index in [0.717, 1.165) is 12.8 Å². The largest absolute Gasteiger partial charge is 0.454 e. The predicted molar refractivity (Wildman–Crippen MR) is 114 cm³/mol. The highest BCUT2D eigenvalue weighted by Gasteiger charge is 2.32. The average molecular weight is 419 g/mol. The summed E-state index contributed by atoms with van der Waals surface area (Å²) in [6.45, 7) is 0.536. The molecule has 1 fully saturated rings. The molecule has 0 aliphatic carbocycles. The van der Waals surface area contributed by atoms with Crippen LogP contribution in [0.25, 0.3) is 0 Å². The number of amides is 2. The lowest BCUT2D eigenvalue weighted by Gasteiger charge is -2.34. The number of hydrogen-bond acceptors (Lipinski definition) is 4. The molecule has 0 saturated carbocycles. The van der Waals surface area contributed by atoms with E-state index in [0.29, 0.717) is 30.0 Å². The number of halogens is 1. The number of nitrogens with one attached hydrogen (secondary N) is 1. The Morgan fingerprint density at radius 2 is 1.74 bits per heavy atom. The zero-order valence-corrected chi connectivity index (χ0v) is 16.8. The minimum atomic E-state index is -0.538. The van der Waals surface area contributed by atoms with Gasteiger partial charge in [-0.3, -0.25) is 14.6 Å². The summed E-state index contributed by atoms with van der Waals surface area (Å²) in [5.41, 5.74) is 1.09. The van der Waals surface area contributed by atoms with Gasteiger partial charge in [-0.05, 0) is 67.8 Å². The van der Waals surface area contributed by atoms with Crippen LogP contribution >= 0.6 is 0 Å². The second-order valence-electron chi connectivity index (χ2n) is 7.29. The average Bonchev–Trinajstić information content (AvgIpc) is 2.82. The van der Waals surface area contributed by atoms with Gasteiger partial charge in [-0.2, -0.15) is 0 Å². The predicted octanol–water partition coefficient (Wildman–Crippen LogP) is 4.65. The summed E-state index contributed by atoms with van der Waals surface area (Å²) in [6.07, 6.45) is 5.49. The van der Waals surface area contributed by atoms with Crippen LogP contribution in [0.4, 0.5) is 10.1 Å². The number of carbonyl (C=O) groups excluding carboxylic acids is 2. The van der Waals surface area contributed by atoms with Crippen molar-refractivity contribution in [1.29, 1.82) is 0 Å². The number of anilines is 1. The summed E-state index contributed by atoms with van der Waals surface area (Å²) >= 11 is 0. The van der Waals surface area contributed by atoms with E-state index in [1.54, 1.807) is 71.9 Å². The van der Waals surface area contributed by atoms with Gasteiger partial charge in [0.2, 0.25) is 5.91 Å². The highest BCUT2D eigenvalue weighted by atomic mass is 19.1. The number of benzene rings is 2. The van der Waals surface area contributed by atoms with Crippen LogP contribution in [-0.4, -0.2) is 34.3 Å². The zero-order valence-electron chi connectivity index (χ0n) is 16.8. The fraction of sp³-hybridized carbons (Fsp3) is 0.208. The number of nitrogens with zero attached hydrogens (tertiary/aromatic N) is 2. The molecule has 0 spiro atoms. The lowest BCUT2D eigenvalue weighted by molar-refractivity contribution is -0.121. The van der Waals surface area contributed by atoms with Gasteiger partial charge in [-0.25, -0.2) is 4.39 Å². The summed E-state index contributed by atoms with van der Waals surface area (Å²) < 4.78 is 19.3. The fourth-order valence-corrected chi connectivity index (χ4v) is 3.59. The minimum Gasteiger partial charge on any atom is -0.454 e. The Labute approximate surface area is 179 Å². The summed E-state index contributed by atoms with van der Waals surface area (Å²) in [5.74, 6) is -0.265. The number of carbonyl (C=O) groups is 2. The van der Waals surface area contributed by atoms with E-state index < -0.39 is 11.9 Å². The number of likely N-dealkylation sites (tertiary alicyclic amines) is 1. The van der Waals surface area contributed by atoms with E-state index >= 15 is 0 Å². The molecule has 1 saturated heterocycles. The topological polar surface area (TPSA) is 71.5 Å². The monoisotopic (exact) mass is 419 g/mol. The number of aromatic nitrogens is 1. The molecule has 1 atom stereocenters. The van der Waals surface area contributed by atoms with Crippen molar-refractivity contribution < 1.29 is 18.7 Å². The fourth-order valence-electron chi connectivity index (χ4n) is 3.59. The van der Waals surface area contributed by atoms with Crippen molar-refractivity contribution in [2.45, 2.75) is 25.3 Å². The number of para-hydroxylation sites is 1. The van der Waals surface area contributed by atoms with E-state index in [-0.39, 0.29) is 17.6 Å². The van der Waals surface area contributed by atoms with Gasteiger partial charge in [-0.15, -0.1) is 0 Å². The van der Waals surface area contributed by atoms with Crippen LogP contribution in [0.5, 0.6) is 11.5 Å². The quantitative estimate of drug-likeness (QED) is 0.654. The molecule has 0 radical (unpaired) electrons. The van der Waals surface area contributed by atoms with Crippen molar-refractivity contribution in [1.82, 2.24) is 9.88 Å². The molecule has 158 valence electrons. The van der Waals surface area contributed by atoms with Crippen LogP contribution < -0.4 is 10.1 Å². The molecule has 7 heteroatoms. The third kappa shape index (κ3) is 4.88. The van der Waals surface area contributed by atoms with E-state index in [2.05, 4.69) is 10.3 Å². The Hall–Kier alpha value is -3.74. The molecule has 6 nitrogen and oxygen atoms in total. The number of piperidine rings is 1. The molecular formula is C24H22FN3O3. The molecule has 0 bridgehead atoms. The van der Waals surface area contributed by atoms with Crippen molar-refractivity contribution in [3.05, 3.63) is 84.4 Å². The smallest absolute Gasteiger partial charge is 0.254 e. The summed E-state index contributed by atoms with van der Waals surface area (Å²) in [4.78, 5) is 31.4. The maximum Gasteiger partial charge on any atom is 0.254 e. The highest BCUT2D eigenvalue weighted by Crippen LogP contribution is 2.26. The van der Waals surface area contributed by atoms with Gasteiger partial charge >= 0.3 is 0 Å². The second-order valence-corrected chi connectivity index (χ2v) is 7.29. The van der Waals surface area contributed by atoms with Crippen LogP contribution in [-0.2, 0) is 4.79 Å². The molecule has 2 heterocycles. The third-order valence-corrected chi connectivity index (χ3v) is 5.18. The molecule has 3 aromatic rings. The van der Waals surface area contributed by atoms with Crippen LogP contribution in [0, 0.1) is 5.82 Å². The SMILES string of the molecule is O=C(Nc1ccc(Oc2ccccc2F)cc1)[C@@H]1CCCCN1C(=O)c1ccncc1. The molecule has 31 heavy (non-hydrogen) atoms. The molecule has 0 unspecified atom stereocenters. The maximum atomic E-state index is 13.7. The number of pyridine rings is 1. The van der Waals surface area contributed by atoms with Crippen LogP contribution in [0.2, 0.25) is 0 Å². The van der Waals surface area contributed by atoms with Crippen LogP contribution in [0.15, 0.2) is 73.1 Å². The molecular weight excluding hydrogens is 397 g/mol. The Bertz CT molecular complexity index is 1060. The first kappa shape index (κ1) is 20.5. The van der Waals surface area contributed by atoms with Gasteiger partial charge in [0.25, 0.3) is 5.91 Å². The van der Waals surface area contributed by atoms with E-state index in [4.69, 9.17) is 4.74 Å². The van der Waals surface area contributed by atoms with Crippen molar-refractivity contribution >= 4 is 17.5 Å². The molecule has 1 aliphatic heterocycles. The van der Waals surface area contributed by atoms with Gasteiger partial charge < -0.3 is 15.0 Å². The first-order valence-corrected chi connectivity index (χ1v) is 10.2. The van der Waals surface area contributed by atoms with Gasteiger partial charge in [0, 0.05) is 30.2 Å². The first-order valence-electron chi connectivity index (χ1n) is 10.2. The second kappa shape index (κ2) is 9.38. The number of rotatable bonds is 5. The minimum absolute atomic E-state index is 0.131. The van der Waals surface area contributed by atoms with Crippen molar-refractivity contribution in [2.75, 3.05) is 11.9 Å². The van der Waals surface area contributed by atoms with Crippen molar-refractivity contribution in [3.63, 3.8) is 0 Å². The van der Waals surface area contributed by atoms with E-state index in [9.17, 15) is 14.0 Å². The zero-order chi connectivity index (χ0) is 21.6. The number of hydrogen-bond donors (Lipinski definition) is 1. The Morgan fingerprint density at radius 1 is 1.00 bits per heavy atom. The van der Waals surface area contributed by atoms with Crippen molar-refractivity contribution in [2.24, 2.45) is 0 Å².